The third-order valence-electron chi connectivity index (χ3n) is 3.43. The summed E-state index contributed by atoms with van der Waals surface area (Å²) in [7, 11) is 0. The number of hydrogen-bond donors (Lipinski definition) is 3. The highest BCUT2D eigenvalue weighted by atomic mass is 16.4. The molecule has 0 aromatic heterocycles. The second kappa shape index (κ2) is 6.40. The van der Waals surface area contributed by atoms with Crippen LogP contribution >= 0.6 is 0 Å². The zero-order valence-electron chi connectivity index (χ0n) is 11.1. The number of carboxylic acid groups (broad SMARTS) is 2. The van der Waals surface area contributed by atoms with Gasteiger partial charge in [0.15, 0.2) is 0 Å². The van der Waals surface area contributed by atoms with E-state index in [1.807, 2.05) is 0 Å². The van der Waals surface area contributed by atoms with E-state index in [0.29, 0.717) is 24.9 Å². The summed E-state index contributed by atoms with van der Waals surface area (Å²) in [6, 6.07) is -1.89. The number of aliphatic carboxylic acids is 2. The maximum Gasteiger partial charge on any atom is 0.326 e. The average Bonchev–Trinajstić information content (AvgIpc) is 2.76. The summed E-state index contributed by atoms with van der Waals surface area (Å²) in [5.41, 5.74) is 0. The molecule has 0 saturated carbocycles. The molecule has 1 aliphatic heterocycles. The molecular weight excluding hydrogens is 252 g/mol. The second-order valence-electron chi connectivity index (χ2n) is 5.18. The molecule has 19 heavy (non-hydrogen) atoms. The van der Waals surface area contributed by atoms with Crippen molar-refractivity contribution in [3.63, 3.8) is 0 Å². The van der Waals surface area contributed by atoms with Crippen LogP contribution in [0.15, 0.2) is 0 Å². The molecule has 7 heteroatoms. The van der Waals surface area contributed by atoms with Crippen LogP contribution in [0.25, 0.3) is 0 Å². The van der Waals surface area contributed by atoms with Crippen LogP contribution in [0.4, 0.5) is 4.79 Å². The standard InChI is InChI=1S/C12H20N2O5/c1-7(2)8-3-4-14(6-8)12(19)13-9(11(17)18)5-10(15)16/h7-9H,3-6H2,1-2H3,(H,13,19)(H,15,16)(H,17,18). The number of nitrogens with zero attached hydrogens (tertiary/aromatic N) is 1. The van der Waals surface area contributed by atoms with E-state index in [4.69, 9.17) is 10.2 Å². The first-order chi connectivity index (χ1) is 8.81. The Morgan fingerprint density at radius 2 is 1.95 bits per heavy atom. The van der Waals surface area contributed by atoms with Gasteiger partial charge in [0.2, 0.25) is 0 Å². The van der Waals surface area contributed by atoms with Crippen molar-refractivity contribution in [3.8, 4) is 0 Å². The number of carbonyl (C=O) groups is 3. The molecule has 2 atom stereocenters. The number of carbonyl (C=O) groups excluding carboxylic acids is 1. The predicted octanol–water partition coefficient (Wildman–Crippen LogP) is 0.602. The van der Waals surface area contributed by atoms with Crippen molar-refractivity contribution in [2.75, 3.05) is 13.1 Å². The SMILES string of the molecule is CC(C)C1CCN(C(=O)NC(CC(=O)O)C(=O)O)C1. The summed E-state index contributed by atoms with van der Waals surface area (Å²) < 4.78 is 0. The first-order valence-electron chi connectivity index (χ1n) is 6.31. The smallest absolute Gasteiger partial charge is 0.326 e. The first kappa shape index (κ1) is 15.3. The number of urea groups is 1. The molecule has 2 unspecified atom stereocenters. The van der Waals surface area contributed by atoms with E-state index in [1.165, 1.54) is 0 Å². The third kappa shape index (κ3) is 4.42. The van der Waals surface area contributed by atoms with E-state index < -0.39 is 30.4 Å². The summed E-state index contributed by atoms with van der Waals surface area (Å²) in [5.74, 6) is -1.72. The van der Waals surface area contributed by atoms with Crippen LogP contribution in [0.1, 0.15) is 26.7 Å². The minimum atomic E-state index is -1.39. The van der Waals surface area contributed by atoms with Crippen LogP contribution in [0, 0.1) is 11.8 Å². The van der Waals surface area contributed by atoms with E-state index in [2.05, 4.69) is 19.2 Å². The van der Waals surface area contributed by atoms with E-state index in [0.717, 1.165) is 6.42 Å². The molecule has 108 valence electrons. The molecule has 1 saturated heterocycles. The number of carboxylic acids is 2. The van der Waals surface area contributed by atoms with Gasteiger partial charge in [0.25, 0.3) is 0 Å². The van der Waals surface area contributed by atoms with Crippen LogP contribution in [-0.4, -0.2) is 52.2 Å². The number of amides is 2. The minimum absolute atomic E-state index is 0.411. The lowest BCUT2D eigenvalue weighted by Crippen LogP contribution is -2.48. The summed E-state index contributed by atoms with van der Waals surface area (Å²) in [6.07, 6.45) is 0.268. The quantitative estimate of drug-likeness (QED) is 0.679. The van der Waals surface area contributed by atoms with Gasteiger partial charge in [0.05, 0.1) is 6.42 Å². The summed E-state index contributed by atoms with van der Waals surface area (Å²) in [6.45, 7) is 5.32. The topological polar surface area (TPSA) is 107 Å². The van der Waals surface area contributed by atoms with Crippen LogP contribution in [0.3, 0.4) is 0 Å². The monoisotopic (exact) mass is 272 g/mol. The van der Waals surface area contributed by atoms with Gasteiger partial charge in [-0.1, -0.05) is 13.8 Å². The average molecular weight is 272 g/mol. The zero-order valence-corrected chi connectivity index (χ0v) is 11.1. The molecule has 3 N–H and O–H groups in total. The molecule has 0 radical (unpaired) electrons. The molecule has 0 aromatic carbocycles. The second-order valence-corrected chi connectivity index (χ2v) is 5.18. The summed E-state index contributed by atoms with van der Waals surface area (Å²) in [4.78, 5) is 34.8. The molecule has 1 rings (SSSR count). The Kier molecular flexibility index (Phi) is 5.14. The summed E-state index contributed by atoms with van der Waals surface area (Å²) >= 11 is 0. The highest BCUT2D eigenvalue weighted by Crippen LogP contribution is 2.23. The van der Waals surface area contributed by atoms with Gasteiger partial charge in [-0.25, -0.2) is 9.59 Å². The van der Waals surface area contributed by atoms with Gasteiger partial charge in [0.1, 0.15) is 6.04 Å². The lowest BCUT2D eigenvalue weighted by Gasteiger charge is -2.21. The Morgan fingerprint density at radius 3 is 2.37 bits per heavy atom. The van der Waals surface area contributed by atoms with Crippen molar-refractivity contribution in [3.05, 3.63) is 0 Å². The van der Waals surface area contributed by atoms with E-state index in [9.17, 15) is 14.4 Å². The Labute approximate surface area is 111 Å². The van der Waals surface area contributed by atoms with Crippen molar-refractivity contribution in [2.24, 2.45) is 11.8 Å². The number of likely N-dealkylation sites (tertiary alicyclic amines) is 1. The molecular formula is C12H20N2O5. The highest BCUT2D eigenvalue weighted by Gasteiger charge is 2.31. The molecule has 7 nitrogen and oxygen atoms in total. The maximum absolute atomic E-state index is 11.9. The minimum Gasteiger partial charge on any atom is -0.481 e. The van der Waals surface area contributed by atoms with Crippen molar-refractivity contribution in [2.45, 2.75) is 32.7 Å². The fraction of sp³-hybridized carbons (Fsp3) is 0.750. The predicted molar refractivity (Wildman–Crippen MR) is 66.7 cm³/mol. The number of rotatable bonds is 5. The van der Waals surface area contributed by atoms with Gasteiger partial charge >= 0.3 is 18.0 Å². The van der Waals surface area contributed by atoms with Gasteiger partial charge in [-0.15, -0.1) is 0 Å². The van der Waals surface area contributed by atoms with Crippen LogP contribution < -0.4 is 5.32 Å². The molecule has 0 bridgehead atoms. The van der Waals surface area contributed by atoms with E-state index in [-0.39, 0.29) is 0 Å². The number of hydrogen-bond acceptors (Lipinski definition) is 3. The van der Waals surface area contributed by atoms with Gasteiger partial charge < -0.3 is 20.4 Å². The Bertz CT molecular complexity index is 369. The lowest BCUT2D eigenvalue weighted by atomic mass is 9.95. The first-order valence-corrected chi connectivity index (χ1v) is 6.31. The van der Waals surface area contributed by atoms with Crippen LogP contribution in [-0.2, 0) is 9.59 Å². The van der Waals surface area contributed by atoms with Crippen molar-refractivity contribution < 1.29 is 24.6 Å². The van der Waals surface area contributed by atoms with E-state index >= 15 is 0 Å². The Morgan fingerprint density at radius 1 is 1.32 bits per heavy atom. The molecule has 2 amide bonds. The normalized spacial score (nSPS) is 20.4. The highest BCUT2D eigenvalue weighted by molar-refractivity contribution is 5.86. The van der Waals surface area contributed by atoms with E-state index in [1.54, 1.807) is 4.90 Å². The maximum atomic E-state index is 11.9. The zero-order chi connectivity index (χ0) is 14.6. The van der Waals surface area contributed by atoms with Gasteiger partial charge in [0, 0.05) is 13.1 Å². The van der Waals surface area contributed by atoms with Crippen molar-refractivity contribution in [1.29, 1.82) is 0 Å². The van der Waals surface area contributed by atoms with Gasteiger partial charge in [-0.05, 0) is 18.3 Å². The molecule has 0 aromatic rings. The third-order valence-corrected chi connectivity index (χ3v) is 3.43. The number of nitrogens with one attached hydrogen (secondary N) is 1. The van der Waals surface area contributed by atoms with Crippen molar-refractivity contribution in [1.82, 2.24) is 10.2 Å². The van der Waals surface area contributed by atoms with Gasteiger partial charge in [-0.3, -0.25) is 4.79 Å². The lowest BCUT2D eigenvalue weighted by molar-refractivity contribution is -0.145. The van der Waals surface area contributed by atoms with Crippen molar-refractivity contribution >= 4 is 18.0 Å². The molecule has 0 spiro atoms. The fourth-order valence-electron chi connectivity index (χ4n) is 2.13. The van der Waals surface area contributed by atoms with Crippen LogP contribution in [0.2, 0.25) is 0 Å². The van der Waals surface area contributed by atoms with Crippen LogP contribution in [0.5, 0.6) is 0 Å². The molecule has 1 fully saturated rings. The van der Waals surface area contributed by atoms with Gasteiger partial charge in [-0.2, -0.15) is 0 Å². The Hall–Kier alpha value is -1.79. The molecule has 1 aliphatic rings. The fourth-order valence-corrected chi connectivity index (χ4v) is 2.13. The molecule has 1 heterocycles. The molecule has 0 aliphatic carbocycles. The summed E-state index contributed by atoms with van der Waals surface area (Å²) in [5, 5.41) is 19.7. The Balaban J connectivity index is 2.54. The largest absolute Gasteiger partial charge is 0.481 e.